The summed E-state index contributed by atoms with van der Waals surface area (Å²) in [5.74, 6) is 0. The molecule has 0 aromatic carbocycles. The lowest BCUT2D eigenvalue weighted by atomic mass is 10.2. The van der Waals surface area contributed by atoms with Gasteiger partial charge in [0.2, 0.25) is 0 Å². The third kappa shape index (κ3) is 10.1. The van der Waals surface area contributed by atoms with Crippen LogP contribution in [-0.2, 0) is 0 Å². The van der Waals surface area contributed by atoms with Crippen LogP contribution >= 0.6 is 0 Å². The van der Waals surface area contributed by atoms with Crippen LogP contribution < -0.4 is 0 Å². The number of aliphatic hydroxyl groups excluding tert-OH is 2. The second kappa shape index (κ2) is 10.4. The molecule has 0 amide bonds. The van der Waals surface area contributed by atoms with E-state index in [-0.39, 0.29) is 13.2 Å². The van der Waals surface area contributed by atoms with Gasteiger partial charge in [0.05, 0.1) is 13.2 Å². The van der Waals surface area contributed by atoms with Crippen molar-refractivity contribution in [3.05, 3.63) is 0 Å². The molecule has 0 radical (unpaired) electrons. The topological polar surface area (TPSA) is 46.9 Å². The molecule has 0 atom stereocenters. The molecule has 0 aromatic rings. The molecule has 4 nitrogen and oxygen atoms in total. The van der Waals surface area contributed by atoms with E-state index in [1.165, 1.54) is 19.3 Å². The number of likely N-dealkylation sites (N-methyl/N-ethyl adjacent to an activating group) is 2. The Morgan fingerprint density at radius 2 is 1.07 bits per heavy atom. The zero-order chi connectivity index (χ0) is 11.5. The van der Waals surface area contributed by atoms with Crippen molar-refractivity contribution >= 4 is 0 Å². The molecule has 0 saturated heterocycles. The van der Waals surface area contributed by atoms with E-state index in [9.17, 15) is 0 Å². The standard InChI is InChI=1S/C11H26N2O2/c1-12(8-10-14)6-4-3-5-7-13(2)9-11-15/h14-15H,3-11H2,1-2H3. The van der Waals surface area contributed by atoms with Gasteiger partial charge < -0.3 is 20.0 Å². The molecular weight excluding hydrogens is 192 g/mol. The molecule has 15 heavy (non-hydrogen) atoms. The minimum absolute atomic E-state index is 0.246. The van der Waals surface area contributed by atoms with Crippen molar-refractivity contribution in [2.24, 2.45) is 0 Å². The van der Waals surface area contributed by atoms with Crippen LogP contribution in [-0.4, -0.2) is 73.5 Å². The number of rotatable bonds is 10. The Balaban J connectivity index is 3.17. The number of hydrogen-bond donors (Lipinski definition) is 2. The summed E-state index contributed by atoms with van der Waals surface area (Å²) in [7, 11) is 4.07. The second-order valence-corrected chi connectivity index (χ2v) is 4.11. The molecule has 0 bridgehead atoms. The van der Waals surface area contributed by atoms with Gasteiger partial charge in [-0.3, -0.25) is 0 Å². The Kier molecular flexibility index (Phi) is 10.3. The first-order chi connectivity index (χ1) is 7.20. The summed E-state index contributed by atoms with van der Waals surface area (Å²) >= 11 is 0. The molecule has 0 fully saturated rings. The minimum Gasteiger partial charge on any atom is -0.395 e. The Bertz CT molecular complexity index is 120. The average Bonchev–Trinajstić information content (AvgIpc) is 2.18. The van der Waals surface area contributed by atoms with Gasteiger partial charge in [-0.15, -0.1) is 0 Å². The Morgan fingerprint density at radius 1 is 0.667 bits per heavy atom. The number of nitrogens with zero attached hydrogens (tertiary/aromatic N) is 2. The van der Waals surface area contributed by atoms with Gasteiger partial charge >= 0.3 is 0 Å². The predicted molar refractivity (Wildman–Crippen MR) is 63.0 cm³/mol. The molecule has 0 unspecified atom stereocenters. The van der Waals surface area contributed by atoms with E-state index in [0.717, 1.165) is 26.2 Å². The highest BCUT2D eigenvalue weighted by molar-refractivity contribution is 4.54. The first kappa shape index (κ1) is 14.8. The van der Waals surface area contributed by atoms with E-state index in [0.29, 0.717) is 0 Å². The lowest BCUT2D eigenvalue weighted by molar-refractivity contribution is 0.211. The van der Waals surface area contributed by atoms with Crippen molar-refractivity contribution in [3.8, 4) is 0 Å². The zero-order valence-corrected chi connectivity index (χ0v) is 10.2. The molecule has 0 heterocycles. The molecule has 0 spiro atoms. The molecule has 4 heteroatoms. The quantitative estimate of drug-likeness (QED) is 0.507. The first-order valence-electron chi connectivity index (χ1n) is 5.79. The van der Waals surface area contributed by atoms with Crippen LogP contribution in [0.25, 0.3) is 0 Å². The highest BCUT2D eigenvalue weighted by Gasteiger charge is 1.98. The molecular formula is C11H26N2O2. The van der Waals surface area contributed by atoms with Gasteiger partial charge in [-0.2, -0.15) is 0 Å². The fraction of sp³-hybridized carbons (Fsp3) is 1.00. The van der Waals surface area contributed by atoms with Crippen molar-refractivity contribution in [3.63, 3.8) is 0 Å². The largest absolute Gasteiger partial charge is 0.395 e. The van der Waals surface area contributed by atoms with E-state index < -0.39 is 0 Å². The monoisotopic (exact) mass is 218 g/mol. The van der Waals surface area contributed by atoms with Crippen molar-refractivity contribution < 1.29 is 10.2 Å². The smallest absolute Gasteiger partial charge is 0.0558 e. The SMILES string of the molecule is CN(CCO)CCCCCN(C)CCO. The summed E-state index contributed by atoms with van der Waals surface area (Å²) in [6.07, 6.45) is 3.58. The van der Waals surface area contributed by atoms with E-state index in [1.807, 2.05) is 14.1 Å². The summed E-state index contributed by atoms with van der Waals surface area (Å²) < 4.78 is 0. The highest BCUT2D eigenvalue weighted by atomic mass is 16.3. The third-order valence-corrected chi connectivity index (χ3v) is 2.54. The molecule has 0 aromatic heterocycles. The van der Waals surface area contributed by atoms with Crippen LogP contribution in [0.3, 0.4) is 0 Å². The maximum atomic E-state index is 8.70. The molecule has 0 saturated carbocycles. The zero-order valence-electron chi connectivity index (χ0n) is 10.2. The molecule has 0 aliphatic heterocycles. The van der Waals surface area contributed by atoms with Crippen LogP contribution in [0.4, 0.5) is 0 Å². The van der Waals surface area contributed by atoms with Crippen LogP contribution in [0.15, 0.2) is 0 Å². The van der Waals surface area contributed by atoms with Crippen LogP contribution in [0, 0.1) is 0 Å². The fourth-order valence-corrected chi connectivity index (χ4v) is 1.51. The van der Waals surface area contributed by atoms with Crippen LogP contribution in [0.1, 0.15) is 19.3 Å². The van der Waals surface area contributed by atoms with Gasteiger partial charge in [0.25, 0.3) is 0 Å². The summed E-state index contributed by atoms with van der Waals surface area (Å²) in [5, 5.41) is 17.4. The average molecular weight is 218 g/mol. The summed E-state index contributed by atoms with van der Waals surface area (Å²) in [6.45, 7) is 4.15. The van der Waals surface area contributed by atoms with Gasteiger partial charge in [-0.25, -0.2) is 0 Å². The maximum Gasteiger partial charge on any atom is 0.0558 e. The summed E-state index contributed by atoms with van der Waals surface area (Å²) in [4.78, 5) is 4.30. The Hall–Kier alpha value is -0.160. The van der Waals surface area contributed by atoms with E-state index >= 15 is 0 Å². The van der Waals surface area contributed by atoms with Crippen molar-refractivity contribution in [1.29, 1.82) is 0 Å². The Labute approximate surface area is 93.5 Å². The number of aliphatic hydroxyl groups is 2. The lowest BCUT2D eigenvalue weighted by Gasteiger charge is -2.16. The number of unbranched alkanes of at least 4 members (excludes halogenated alkanes) is 2. The fourth-order valence-electron chi connectivity index (χ4n) is 1.51. The van der Waals surface area contributed by atoms with Crippen molar-refractivity contribution in [2.45, 2.75) is 19.3 Å². The molecule has 92 valence electrons. The van der Waals surface area contributed by atoms with E-state index in [1.54, 1.807) is 0 Å². The molecule has 0 aliphatic rings. The van der Waals surface area contributed by atoms with Gasteiger partial charge in [-0.1, -0.05) is 6.42 Å². The molecule has 0 aliphatic carbocycles. The third-order valence-electron chi connectivity index (χ3n) is 2.54. The van der Waals surface area contributed by atoms with Gasteiger partial charge in [0.15, 0.2) is 0 Å². The normalized spacial score (nSPS) is 11.6. The molecule has 0 rings (SSSR count). The second-order valence-electron chi connectivity index (χ2n) is 4.11. The van der Waals surface area contributed by atoms with E-state index in [2.05, 4.69) is 9.80 Å². The first-order valence-corrected chi connectivity index (χ1v) is 5.79. The Morgan fingerprint density at radius 3 is 1.40 bits per heavy atom. The van der Waals surface area contributed by atoms with Gasteiger partial charge in [0.1, 0.15) is 0 Å². The van der Waals surface area contributed by atoms with Crippen LogP contribution in [0.5, 0.6) is 0 Å². The van der Waals surface area contributed by atoms with E-state index in [4.69, 9.17) is 10.2 Å². The summed E-state index contributed by atoms with van der Waals surface area (Å²) in [6, 6.07) is 0. The predicted octanol–water partition coefficient (Wildman–Crippen LogP) is 0.00490. The van der Waals surface area contributed by atoms with Crippen LogP contribution in [0.2, 0.25) is 0 Å². The minimum atomic E-state index is 0.246. The van der Waals surface area contributed by atoms with Gasteiger partial charge in [-0.05, 0) is 40.0 Å². The van der Waals surface area contributed by atoms with Crippen molar-refractivity contribution in [2.75, 3.05) is 53.5 Å². The maximum absolute atomic E-state index is 8.70. The highest BCUT2D eigenvalue weighted by Crippen LogP contribution is 1.98. The lowest BCUT2D eigenvalue weighted by Crippen LogP contribution is -2.24. The number of hydrogen-bond acceptors (Lipinski definition) is 4. The molecule has 2 N–H and O–H groups in total. The van der Waals surface area contributed by atoms with Crippen molar-refractivity contribution in [1.82, 2.24) is 9.80 Å². The summed E-state index contributed by atoms with van der Waals surface area (Å²) in [5.41, 5.74) is 0. The van der Waals surface area contributed by atoms with Gasteiger partial charge in [0, 0.05) is 13.1 Å².